The van der Waals surface area contributed by atoms with Crippen molar-refractivity contribution < 1.29 is 4.74 Å². The van der Waals surface area contributed by atoms with Gasteiger partial charge in [-0.2, -0.15) is 0 Å². The lowest BCUT2D eigenvalue weighted by molar-refractivity contribution is 0.469. The summed E-state index contributed by atoms with van der Waals surface area (Å²) in [6.07, 6.45) is 0. The fraction of sp³-hybridized carbons (Fsp3) is 0.200. The molecule has 0 unspecified atom stereocenters. The highest BCUT2D eigenvalue weighted by molar-refractivity contribution is 7.11. The van der Waals surface area contributed by atoms with Gasteiger partial charge < -0.3 is 10.5 Å². The maximum Gasteiger partial charge on any atom is 0.299 e. The standard InChI is InChI=1S/C10H11N3OS/c1-6-4-9(7(2)3-8(6)11)14-10-13-12-5-15-10/h3-5H,11H2,1-2H3. The van der Waals surface area contributed by atoms with Gasteiger partial charge in [0.05, 0.1) is 0 Å². The van der Waals surface area contributed by atoms with Crippen LogP contribution in [0.5, 0.6) is 10.9 Å². The van der Waals surface area contributed by atoms with Gasteiger partial charge in [0.2, 0.25) is 0 Å². The van der Waals surface area contributed by atoms with Gasteiger partial charge in [0.1, 0.15) is 11.3 Å². The minimum Gasteiger partial charge on any atom is -0.430 e. The minimum absolute atomic E-state index is 0.544. The quantitative estimate of drug-likeness (QED) is 0.791. The van der Waals surface area contributed by atoms with Crippen molar-refractivity contribution in [2.75, 3.05) is 5.73 Å². The molecule has 0 saturated carbocycles. The molecular formula is C10H11N3OS. The minimum atomic E-state index is 0.544. The van der Waals surface area contributed by atoms with E-state index in [-0.39, 0.29) is 0 Å². The smallest absolute Gasteiger partial charge is 0.299 e. The van der Waals surface area contributed by atoms with Gasteiger partial charge >= 0.3 is 0 Å². The largest absolute Gasteiger partial charge is 0.430 e. The molecule has 0 aliphatic heterocycles. The number of anilines is 1. The number of hydrogen-bond donors (Lipinski definition) is 1. The summed E-state index contributed by atoms with van der Waals surface area (Å²) in [7, 11) is 0. The van der Waals surface area contributed by atoms with E-state index in [1.165, 1.54) is 11.3 Å². The van der Waals surface area contributed by atoms with E-state index in [9.17, 15) is 0 Å². The number of aryl methyl sites for hydroxylation is 2. The van der Waals surface area contributed by atoms with Gasteiger partial charge in [-0.25, -0.2) is 0 Å². The highest BCUT2D eigenvalue weighted by atomic mass is 32.1. The summed E-state index contributed by atoms with van der Waals surface area (Å²) in [5.74, 6) is 0.776. The van der Waals surface area contributed by atoms with Crippen LogP contribution in [-0.2, 0) is 0 Å². The monoisotopic (exact) mass is 221 g/mol. The molecule has 1 aromatic heterocycles. The molecule has 0 amide bonds. The van der Waals surface area contributed by atoms with Gasteiger partial charge in [0, 0.05) is 5.69 Å². The van der Waals surface area contributed by atoms with Crippen LogP contribution >= 0.6 is 11.3 Å². The molecular weight excluding hydrogens is 210 g/mol. The van der Waals surface area contributed by atoms with Crippen molar-refractivity contribution in [1.82, 2.24) is 10.2 Å². The van der Waals surface area contributed by atoms with Crippen LogP contribution in [0.25, 0.3) is 0 Å². The van der Waals surface area contributed by atoms with Crippen LogP contribution in [0.15, 0.2) is 17.6 Å². The molecule has 0 fully saturated rings. The summed E-state index contributed by atoms with van der Waals surface area (Å²) in [5, 5.41) is 8.07. The summed E-state index contributed by atoms with van der Waals surface area (Å²) >= 11 is 1.36. The van der Waals surface area contributed by atoms with Crippen molar-refractivity contribution in [3.63, 3.8) is 0 Å². The fourth-order valence-electron chi connectivity index (χ4n) is 1.22. The Labute approximate surface area is 91.7 Å². The first-order valence-corrected chi connectivity index (χ1v) is 5.35. The highest BCUT2D eigenvalue weighted by Gasteiger charge is 2.06. The Morgan fingerprint density at radius 1 is 1.27 bits per heavy atom. The van der Waals surface area contributed by atoms with Crippen molar-refractivity contribution in [1.29, 1.82) is 0 Å². The van der Waals surface area contributed by atoms with Gasteiger partial charge in [-0.3, -0.25) is 0 Å². The zero-order chi connectivity index (χ0) is 10.8. The first-order valence-electron chi connectivity index (χ1n) is 4.47. The summed E-state index contributed by atoms with van der Waals surface area (Å²) < 4.78 is 5.57. The third kappa shape index (κ3) is 2.07. The molecule has 0 saturated heterocycles. The van der Waals surface area contributed by atoms with Gasteiger partial charge in [-0.05, 0) is 37.1 Å². The average Bonchev–Trinajstić information content (AvgIpc) is 2.67. The van der Waals surface area contributed by atoms with Crippen molar-refractivity contribution in [3.05, 3.63) is 28.8 Å². The Balaban J connectivity index is 2.33. The maximum absolute atomic E-state index is 5.78. The molecule has 5 heteroatoms. The third-order valence-corrected chi connectivity index (χ3v) is 2.67. The number of aromatic nitrogens is 2. The Hall–Kier alpha value is -1.62. The van der Waals surface area contributed by atoms with Crippen molar-refractivity contribution in [2.24, 2.45) is 0 Å². The number of hydrogen-bond acceptors (Lipinski definition) is 5. The van der Waals surface area contributed by atoms with Gasteiger partial charge in [0.15, 0.2) is 0 Å². The molecule has 4 nitrogen and oxygen atoms in total. The third-order valence-electron chi connectivity index (χ3n) is 2.10. The average molecular weight is 221 g/mol. The number of ether oxygens (including phenoxy) is 1. The number of benzene rings is 1. The van der Waals surface area contributed by atoms with Crippen LogP contribution in [0.3, 0.4) is 0 Å². The molecule has 1 heterocycles. The molecule has 2 rings (SSSR count). The summed E-state index contributed by atoms with van der Waals surface area (Å²) in [4.78, 5) is 0. The fourth-order valence-corrected chi connectivity index (χ4v) is 1.64. The summed E-state index contributed by atoms with van der Waals surface area (Å²) in [6, 6.07) is 3.80. The van der Waals surface area contributed by atoms with E-state index in [0.717, 1.165) is 22.6 Å². The molecule has 0 aliphatic rings. The molecule has 15 heavy (non-hydrogen) atoms. The van der Waals surface area contributed by atoms with E-state index in [0.29, 0.717) is 5.19 Å². The lowest BCUT2D eigenvalue weighted by atomic mass is 10.1. The first kappa shape index (κ1) is 9.92. The van der Waals surface area contributed by atoms with Crippen LogP contribution in [0.4, 0.5) is 5.69 Å². The molecule has 2 N–H and O–H groups in total. The first-order chi connectivity index (χ1) is 7.16. The molecule has 1 aromatic carbocycles. The highest BCUT2D eigenvalue weighted by Crippen LogP contribution is 2.29. The van der Waals surface area contributed by atoms with Crippen LogP contribution in [0.2, 0.25) is 0 Å². The SMILES string of the molecule is Cc1cc(Oc2nncs2)c(C)cc1N. The summed E-state index contributed by atoms with van der Waals surface area (Å²) in [6.45, 7) is 3.90. The molecule has 0 spiro atoms. The Morgan fingerprint density at radius 3 is 2.73 bits per heavy atom. The number of nitrogen functional groups attached to an aromatic ring is 1. The van der Waals surface area contributed by atoms with Crippen LogP contribution in [0, 0.1) is 13.8 Å². The Kier molecular flexibility index (Phi) is 2.55. The second-order valence-electron chi connectivity index (χ2n) is 3.28. The number of nitrogens with two attached hydrogens (primary N) is 1. The van der Waals surface area contributed by atoms with E-state index in [2.05, 4.69) is 10.2 Å². The van der Waals surface area contributed by atoms with Crippen molar-refractivity contribution in [2.45, 2.75) is 13.8 Å². The lowest BCUT2D eigenvalue weighted by Crippen LogP contribution is -1.94. The van der Waals surface area contributed by atoms with Crippen molar-refractivity contribution in [3.8, 4) is 10.9 Å². The maximum atomic E-state index is 5.78. The van der Waals surface area contributed by atoms with E-state index in [1.54, 1.807) is 5.51 Å². The molecule has 2 aromatic rings. The lowest BCUT2D eigenvalue weighted by Gasteiger charge is -2.08. The van der Waals surface area contributed by atoms with Gasteiger partial charge in [-0.15, -0.1) is 5.10 Å². The predicted octanol–water partition coefficient (Wildman–Crippen LogP) is 2.53. The van der Waals surface area contributed by atoms with Crippen LogP contribution in [0.1, 0.15) is 11.1 Å². The second-order valence-corrected chi connectivity index (χ2v) is 4.08. The van der Waals surface area contributed by atoms with E-state index in [1.807, 2.05) is 26.0 Å². The van der Waals surface area contributed by atoms with E-state index < -0.39 is 0 Å². The summed E-state index contributed by atoms with van der Waals surface area (Å²) in [5.41, 5.74) is 10.2. The van der Waals surface area contributed by atoms with Crippen LogP contribution < -0.4 is 10.5 Å². The molecule has 0 atom stereocenters. The zero-order valence-corrected chi connectivity index (χ0v) is 9.34. The number of rotatable bonds is 2. The van der Waals surface area contributed by atoms with Gasteiger partial charge in [0.25, 0.3) is 5.19 Å². The van der Waals surface area contributed by atoms with Crippen LogP contribution in [-0.4, -0.2) is 10.2 Å². The Bertz CT molecular complexity index is 468. The Morgan fingerprint density at radius 2 is 2.07 bits per heavy atom. The number of nitrogens with zero attached hydrogens (tertiary/aromatic N) is 2. The van der Waals surface area contributed by atoms with Crippen molar-refractivity contribution >= 4 is 17.0 Å². The van der Waals surface area contributed by atoms with E-state index in [4.69, 9.17) is 10.5 Å². The van der Waals surface area contributed by atoms with E-state index >= 15 is 0 Å². The second kappa shape index (κ2) is 3.86. The van der Waals surface area contributed by atoms with Gasteiger partial charge in [-0.1, -0.05) is 16.4 Å². The molecule has 0 radical (unpaired) electrons. The zero-order valence-electron chi connectivity index (χ0n) is 8.52. The predicted molar refractivity (Wildman–Crippen MR) is 60.3 cm³/mol. The molecule has 0 aliphatic carbocycles. The molecule has 0 bridgehead atoms. The topological polar surface area (TPSA) is 61.0 Å². The molecule has 78 valence electrons. The normalized spacial score (nSPS) is 10.3.